The number of aromatic nitrogens is 2. The lowest BCUT2D eigenvalue weighted by molar-refractivity contribution is 0.551. The van der Waals surface area contributed by atoms with Crippen molar-refractivity contribution < 1.29 is 4.39 Å². The van der Waals surface area contributed by atoms with Crippen molar-refractivity contribution in [2.45, 2.75) is 11.8 Å². The van der Waals surface area contributed by atoms with E-state index in [1.807, 2.05) is 31.2 Å². The zero-order valence-electron chi connectivity index (χ0n) is 9.98. The van der Waals surface area contributed by atoms with Gasteiger partial charge in [0.1, 0.15) is 0 Å². The maximum absolute atomic E-state index is 13.4. The second kappa shape index (κ2) is 4.81. The third kappa shape index (κ3) is 2.38. The minimum Gasteiger partial charge on any atom is -0.282 e. The molecule has 0 unspecified atom stereocenters. The number of nitrogens with zero attached hydrogens (tertiary/aromatic N) is 2. The largest absolute Gasteiger partial charge is 0.340 e. The van der Waals surface area contributed by atoms with E-state index >= 15 is 0 Å². The standard InChI is InChI=1S/C12H12FN3OS/c1-8-3-5-9(6-4-8)18-16-7-10(13)11(14)15(2)12(16)17/h3-7,14H,1-2H3. The molecule has 0 amide bonds. The van der Waals surface area contributed by atoms with Gasteiger partial charge >= 0.3 is 5.69 Å². The van der Waals surface area contributed by atoms with E-state index in [-0.39, 0.29) is 0 Å². The van der Waals surface area contributed by atoms with Gasteiger partial charge in [-0.2, -0.15) is 0 Å². The molecule has 2 rings (SSSR count). The highest BCUT2D eigenvalue weighted by atomic mass is 32.2. The lowest BCUT2D eigenvalue weighted by Crippen LogP contribution is -2.37. The Morgan fingerprint density at radius 1 is 1.28 bits per heavy atom. The van der Waals surface area contributed by atoms with Crippen LogP contribution in [-0.4, -0.2) is 8.54 Å². The summed E-state index contributed by atoms with van der Waals surface area (Å²) in [6.45, 7) is 1.97. The summed E-state index contributed by atoms with van der Waals surface area (Å²) in [5.74, 6) is -0.725. The highest BCUT2D eigenvalue weighted by Gasteiger charge is 2.06. The molecular weight excluding hydrogens is 253 g/mol. The van der Waals surface area contributed by atoms with E-state index in [2.05, 4.69) is 0 Å². The van der Waals surface area contributed by atoms with Gasteiger partial charge in [0.2, 0.25) is 0 Å². The zero-order chi connectivity index (χ0) is 13.3. The fourth-order valence-corrected chi connectivity index (χ4v) is 2.23. The van der Waals surface area contributed by atoms with Gasteiger partial charge in [-0.1, -0.05) is 17.7 Å². The molecule has 0 aliphatic carbocycles. The molecule has 6 heteroatoms. The summed E-state index contributed by atoms with van der Waals surface area (Å²) < 4.78 is 15.6. The first-order chi connectivity index (χ1) is 8.49. The Bertz CT molecular complexity index is 688. The molecule has 94 valence electrons. The maximum Gasteiger partial charge on any atom is 0.340 e. The van der Waals surface area contributed by atoms with Gasteiger partial charge in [-0.15, -0.1) is 0 Å². The number of hydrogen-bond acceptors (Lipinski definition) is 3. The third-order valence-corrected chi connectivity index (χ3v) is 3.43. The van der Waals surface area contributed by atoms with Crippen molar-refractivity contribution in [2.24, 2.45) is 7.05 Å². The minimum absolute atomic E-state index is 0.416. The highest BCUT2D eigenvalue weighted by molar-refractivity contribution is 7.97. The fraction of sp³-hybridized carbons (Fsp3) is 0.167. The molecule has 1 aromatic heterocycles. The van der Waals surface area contributed by atoms with Gasteiger partial charge in [-0.25, -0.2) is 13.2 Å². The number of hydrogen-bond donors (Lipinski definition) is 1. The molecule has 0 spiro atoms. The molecule has 2 aromatic rings. The first-order valence-electron chi connectivity index (χ1n) is 5.27. The lowest BCUT2D eigenvalue weighted by Gasteiger charge is -2.07. The van der Waals surface area contributed by atoms with Crippen LogP contribution in [0.2, 0.25) is 0 Å². The molecule has 0 saturated carbocycles. The van der Waals surface area contributed by atoms with E-state index < -0.39 is 17.0 Å². The van der Waals surface area contributed by atoms with Gasteiger partial charge in [0.15, 0.2) is 11.3 Å². The average molecular weight is 265 g/mol. The molecule has 0 atom stereocenters. The molecule has 1 aromatic carbocycles. The Morgan fingerprint density at radius 2 is 1.89 bits per heavy atom. The SMILES string of the molecule is Cc1ccc(Sn2cc(F)c(=N)n(C)c2=O)cc1. The Labute approximate surface area is 107 Å². The molecule has 1 heterocycles. The van der Waals surface area contributed by atoms with Crippen LogP contribution in [0, 0.1) is 18.2 Å². The van der Waals surface area contributed by atoms with Crippen LogP contribution in [0.25, 0.3) is 0 Å². The zero-order valence-corrected chi connectivity index (χ0v) is 10.8. The Kier molecular flexibility index (Phi) is 3.38. The number of nitrogens with one attached hydrogen (secondary N) is 1. The second-order valence-corrected chi connectivity index (χ2v) is 4.94. The van der Waals surface area contributed by atoms with Crippen LogP contribution >= 0.6 is 11.9 Å². The second-order valence-electron chi connectivity index (χ2n) is 3.90. The summed E-state index contributed by atoms with van der Waals surface area (Å²) in [7, 11) is 1.37. The molecule has 18 heavy (non-hydrogen) atoms. The van der Waals surface area contributed by atoms with Crippen molar-refractivity contribution in [2.75, 3.05) is 0 Å². The molecule has 0 saturated heterocycles. The normalized spacial score (nSPS) is 10.6. The van der Waals surface area contributed by atoms with E-state index in [9.17, 15) is 9.18 Å². The van der Waals surface area contributed by atoms with Gasteiger partial charge < -0.3 is 0 Å². The molecule has 1 N–H and O–H groups in total. The van der Waals surface area contributed by atoms with Crippen molar-refractivity contribution in [3.8, 4) is 0 Å². The van der Waals surface area contributed by atoms with Crippen molar-refractivity contribution in [3.63, 3.8) is 0 Å². The number of aryl methyl sites for hydroxylation is 1. The molecule has 4 nitrogen and oxygen atoms in total. The van der Waals surface area contributed by atoms with Gasteiger partial charge in [0, 0.05) is 11.9 Å². The van der Waals surface area contributed by atoms with Gasteiger partial charge in [-0.3, -0.25) is 9.98 Å². The van der Waals surface area contributed by atoms with Crippen molar-refractivity contribution in [3.05, 3.63) is 57.8 Å². The van der Waals surface area contributed by atoms with Gasteiger partial charge in [-0.05, 0) is 31.0 Å². The quantitative estimate of drug-likeness (QED) is 0.898. The van der Waals surface area contributed by atoms with Crippen LogP contribution in [0.4, 0.5) is 4.39 Å². The predicted octanol–water partition coefficient (Wildman–Crippen LogP) is 1.67. The van der Waals surface area contributed by atoms with Crippen LogP contribution in [0.1, 0.15) is 5.56 Å². The molecular formula is C12H12FN3OS. The van der Waals surface area contributed by atoms with E-state index in [1.54, 1.807) is 0 Å². The van der Waals surface area contributed by atoms with E-state index in [0.29, 0.717) is 0 Å². The first kappa shape index (κ1) is 12.6. The monoisotopic (exact) mass is 265 g/mol. The van der Waals surface area contributed by atoms with E-state index in [1.165, 1.54) is 11.0 Å². The van der Waals surface area contributed by atoms with Crippen LogP contribution in [-0.2, 0) is 7.05 Å². The summed E-state index contributed by atoms with van der Waals surface area (Å²) in [5, 5.41) is 7.35. The summed E-state index contributed by atoms with van der Waals surface area (Å²) in [4.78, 5) is 12.7. The number of rotatable bonds is 2. The topological polar surface area (TPSA) is 50.8 Å². The maximum atomic E-state index is 13.4. The highest BCUT2D eigenvalue weighted by Crippen LogP contribution is 2.18. The average Bonchev–Trinajstić information content (AvgIpc) is 2.36. The van der Waals surface area contributed by atoms with Crippen molar-refractivity contribution in [1.82, 2.24) is 8.54 Å². The minimum atomic E-state index is -0.725. The molecule has 0 aliphatic heterocycles. The summed E-state index contributed by atoms with van der Waals surface area (Å²) in [6, 6.07) is 7.56. The lowest BCUT2D eigenvalue weighted by atomic mass is 10.2. The van der Waals surface area contributed by atoms with Crippen LogP contribution < -0.4 is 11.2 Å². The van der Waals surface area contributed by atoms with Crippen LogP contribution in [0.3, 0.4) is 0 Å². The summed E-state index contributed by atoms with van der Waals surface area (Å²) in [5.41, 5.74) is 0.262. The van der Waals surface area contributed by atoms with E-state index in [4.69, 9.17) is 5.41 Å². The Balaban J connectivity index is 2.44. The summed E-state index contributed by atoms with van der Waals surface area (Å²) in [6.07, 6.45) is 1.04. The number of halogens is 1. The van der Waals surface area contributed by atoms with Gasteiger partial charge in [0.05, 0.1) is 6.20 Å². The van der Waals surface area contributed by atoms with Crippen LogP contribution in [0.5, 0.6) is 0 Å². The summed E-state index contributed by atoms with van der Waals surface area (Å²) >= 11 is 1.12. The van der Waals surface area contributed by atoms with Crippen LogP contribution in [0.15, 0.2) is 40.2 Å². The predicted molar refractivity (Wildman–Crippen MR) is 67.9 cm³/mol. The van der Waals surface area contributed by atoms with Crippen molar-refractivity contribution in [1.29, 1.82) is 5.41 Å². The molecule has 0 aliphatic rings. The third-order valence-electron chi connectivity index (χ3n) is 2.49. The number of benzene rings is 1. The molecule has 0 radical (unpaired) electrons. The van der Waals surface area contributed by atoms with Gasteiger partial charge in [0.25, 0.3) is 0 Å². The fourth-order valence-electron chi connectivity index (χ4n) is 1.40. The Morgan fingerprint density at radius 3 is 2.50 bits per heavy atom. The first-order valence-corrected chi connectivity index (χ1v) is 6.04. The van der Waals surface area contributed by atoms with E-state index in [0.717, 1.165) is 33.2 Å². The smallest absolute Gasteiger partial charge is 0.282 e. The molecule has 0 bridgehead atoms. The van der Waals surface area contributed by atoms with Crippen molar-refractivity contribution >= 4 is 11.9 Å². The Hall–Kier alpha value is -1.82. The molecule has 0 fully saturated rings.